The van der Waals surface area contributed by atoms with Crippen LogP contribution >= 0.6 is 0 Å². The van der Waals surface area contributed by atoms with Gasteiger partial charge in [-0.1, -0.05) is 5.92 Å². The minimum atomic E-state index is -1.21. The Morgan fingerprint density at radius 3 is 1.96 bits per heavy atom. The Morgan fingerprint density at radius 2 is 1.54 bits per heavy atom. The first-order chi connectivity index (χ1) is 11.4. The molecule has 4 aliphatic rings. The van der Waals surface area contributed by atoms with Gasteiger partial charge in [-0.25, -0.2) is 9.59 Å². The number of benzene rings is 1. The number of carboxylic acid groups (broad SMARTS) is 2. The Hall–Kier alpha value is -2.28. The smallest absolute Gasteiger partial charge is 0.336 e. The lowest BCUT2D eigenvalue weighted by molar-refractivity contribution is -0.00598. The van der Waals surface area contributed by atoms with Crippen LogP contribution in [-0.2, 0) is 5.41 Å². The van der Waals surface area contributed by atoms with Crippen molar-refractivity contribution in [2.45, 2.75) is 43.9 Å². The van der Waals surface area contributed by atoms with E-state index >= 15 is 0 Å². The first-order valence-electron chi connectivity index (χ1n) is 8.54. The van der Waals surface area contributed by atoms with Crippen LogP contribution in [0.2, 0.25) is 0 Å². The second kappa shape index (κ2) is 5.11. The van der Waals surface area contributed by atoms with Crippen molar-refractivity contribution in [2.24, 2.45) is 17.8 Å². The number of carbonyl (C=O) groups is 2. The highest BCUT2D eigenvalue weighted by molar-refractivity contribution is 6.03. The molecule has 0 radical (unpaired) electrons. The third-order valence-corrected chi connectivity index (χ3v) is 6.37. The lowest BCUT2D eigenvalue weighted by atomic mass is 9.47. The lowest BCUT2D eigenvalue weighted by Gasteiger charge is -2.57. The molecule has 5 rings (SSSR count). The highest BCUT2D eigenvalue weighted by Crippen LogP contribution is 2.61. The maximum absolute atomic E-state index is 12.0. The van der Waals surface area contributed by atoms with Crippen molar-refractivity contribution in [3.63, 3.8) is 0 Å². The molecule has 4 heteroatoms. The molecule has 0 amide bonds. The molecule has 1 aromatic rings. The molecule has 0 spiro atoms. The highest BCUT2D eigenvalue weighted by atomic mass is 16.4. The Bertz CT molecular complexity index is 748. The molecule has 4 saturated carbocycles. The van der Waals surface area contributed by atoms with Crippen LogP contribution < -0.4 is 0 Å². The van der Waals surface area contributed by atoms with Crippen molar-refractivity contribution in [3.8, 4) is 12.3 Å². The van der Waals surface area contributed by atoms with Crippen LogP contribution in [0.4, 0.5) is 0 Å². The van der Waals surface area contributed by atoms with Crippen molar-refractivity contribution >= 4 is 11.9 Å². The molecule has 124 valence electrons. The van der Waals surface area contributed by atoms with E-state index in [0.717, 1.165) is 19.3 Å². The van der Waals surface area contributed by atoms with Gasteiger partial charge in [0.1, 0.15) is 0 Å². The Labute approximate surface area is 140 Å². The maximum atomic E-state index is 12.0. The maximum Gasteiger partial charge on any atom is 0.336 e. The average molecular weight is 324 g/mol. The molecule has 4 aliphatic carbocycles. The van der Waals surface area contributed by atoms with E-state index in [1.165, 1.54) is 25.3 Å². The van der Waals surface area contributed by atoms with Gasteiger partial charge >= 0.3 is 11.9 Å². The van der Waals surface area contributed by atoms with Gasteiger partial charge in [0.25, 0.3) is 0 Å². The highest BCUT2D eigenvalue weighted by Gasteiger charge is 2.53. The number of rotatable bonds is 3. The summed E-state index contributed by atoms with van der Waals surface area (Å²) in [6.45, 7) is 0. The molecule has 0 atom stereocenters. The van der Waals surface area contributed by atoms with Gasteiger partial charge in [0.2, 0.25) is 0 Å². The van der Waals surface area contributed by atoms with Crippen molar-refractivity contribution in [1.82, 2.24) is 0 Å². The van der Waals surface area contributed by atoms with Crippen LogP contribution in [0.15, 0.2) is 12.1 Å². The first-order valence-corrected chi connectivity index (χ1v) is 8.54. The predicted molar refractivity (Wildman–Crippen MR) is 88.1 cm³/mol. The van der Waals surface area contributed by atoms with E-state index in [4.69, 9.17) is 6.42 Å². The van der Waals surface area contributed by atoms with Gasteiger partial charge in [-0.3, -0.25) is 0 Å². The molecule has 4 fully saturated rings. The SMILES string of the molecule is C#Cc1ccc(C(=O)O)c(C(=O)O)c1C12CC3CC(CC(C3)C1)C2. The molecule has 0 unspecified atom stereocenters. The number of terminal acetylenes is 1. The molecular formula is C20H20O4. The zero-order valence-electron chi connectivity index (χ0n) is 13.4. The summed E-state index contributed by atoms with van der Waals surface area (Å²) < 4.78 is 0. The van der Waals surface area contributed by atoms with E-state index in [-0.39, 0.29) is 16.5 Å². The largest absolute Gasteiger partial charge is 0.478 e. The fourth-order valence-electron chi connectivity index (χ4n) is 6.09. The van der Waals surface area contributed by atoms with Gasteiger partial charge in [-0.2, -0.15) is 0 Å². The normalized spacial score (nSPS) is 33.2. The van der Waals surface area contributed by atoms with E-state index in [1.807, 2.05) is 0 Å². The summed E-state index contributed by atoms with van der Waals surface area (Å²) in [5.74, 6) is 2.10. The minimum absolute atomic E-state index is 0.0834. The van der Waals surface area contributed by atoms with Crippen molar-refractivity contribution in [2.75, 3.05) is 0 Å². The topological polar surface area (TPSA) is 74.6 Å². The third kappa shape index (κ3) is 2.07. The summed E-state index contributed by atoms with van der Waals surface area (Å²) >= 11 is 0. The van der Waals surface area contributed by atoms with E-state index in [2.05, 4.69) is 5.92 Å². The molecule has 0 aromatic heterocycles. The second-order valence-electron chi connectivity index (χ2n) is 7.86. The van der Waals surface area contributed by atoms with Crippen molar-refractivity contribution < 1.29 is 19.8 Å². The van der Waals surface area contributed by atoms with E-state index in [9.17, 15) is 19.8 Å². The zero-order chi connectivity index (χ0) is 17.1. The molecular weight excluding hydrogens is 304 g/mol. The van der Waals surface area contributed by atoms with Crippen molar-refractivity contribution in [3.05, 3.63) is 34.4 Å². The van der Waals surface area contributed by atoms with Gasteiger partial charge in [0, 0.05) is 5.56 Å². The Morgan fingerprint density at radius 1 is 1.00 bits per heavy atom. The third-order valence-electron chi connectivity index (χ3n) is 6.37. The minimum Gasteiger partial charge on any atom is -0.478 e. The Balaban J connectivity index is 1.97. The van der Waals surface area contributed by atoms with Crippen molar-refractivity contribution in [1.29, 1.82) is 0 Å². The summed E-state index contributed by atoms with van der Waals surface area (Å²) in [6.07, 6.45) is 12.2. The monoisotopic (exact) mass is 324 g/mol. The second-order valence-corrected chi connectivity index (χ2v) is 7.86. The van der Waals surface area contributed by atoms with E-state index < -0.39 is 11.9 Å². The van der Waals surface area contributed by atoms with Crippen LogP contribution in [0.1, 0.15) is 70.4 Å². The van der Waals surface area contributed by atoms with Crippen LogP contribution in [0.3, 0.4) is 0 Å². The summed E-state index contributed by atoms with van der Waals surface area (Å²) in [4.78, 5) is 23.6. The lowest BCUT2D eigenvalue weighted by Crippen LogP contribution is -2.49. The van der Waals surface area contributed by atoms with Gasteiger partial charge in [-0.05, 0) is 79.4 Å². The van der Waals surface area contributed by atoms with Crippen LogP contribution in [-0.4, -0.2) is 22.2 Å². The van der Waals surface area contributed by atoms with Crippen LogP contribution in [0.5, 0.6) is 0 Å². The van der Waals surface area contributed by atoms with Crippen LogP contribution in [0, 0.1) is 30.1 Å². The number of hydrogen-bond donors (Lipinski definition) is 2. The summed E-state index contributed by atoms with van der Waals surface area (Å²) in [5.41, 5.74) is 0.693. The molecule has 0 aliphatic heterocycles. The molecule has 4 nitrogen and oxygen atoms in total. The summed E-state index contributed by atoms with van der Waals surface area (Å²) in [6, 6.07) is 2.95. The predicted octanol–water partition coefficient (Wildman–Crippen LogP) is 3.53. The van der Waals surface area contributed by atoms with Gasteiger partial charge in [0.05, 0.1) is 11.1 Å². The molecule has 4 bridgehead atoms. The number of carboxylic acids is 2. The molecule has 0 saturated heterocycles. The zero-order valence-corrected chi connectivity index (χ0v) is 13.4. The molecule has 2 N–H and O–H groups in total. The average Bonchev–Trinajstić information content (AvgIpc) is 2.51. The molecule has 1 aromatic carbocycles. The quantitative estimate of drug-likeness (QED) is 0.834. The number of hydrogen-bond acceptors (Lipinski definition) is 2. The van der Waals surface area contributed by atoms with Crippen LogP contribution in [0.25, 0.3) is 0 Å². The van der Waals surface area contributed by atoms with E-state index in [0.29, 0.717) is 28.9 Å². The molecule has 24 heavy (non-hydrogen) atoms. The summed E-state index contributed by atoms with van der Waals surface area (Å²) in [7, 11) is 0. The standard InChI is InChI=1S/C20H20O4/c1-2-14-3-4-15(18(21)22)16(19(23)24)17(14)20-8-11-5-12(9-20)7-13(6-11)10-20/h1,3-4,11-13H,5-10H2,(H,21,22)(H,23,24). The Kier molecular flexibility index (Phi) is 3.25. The van der Waals surface area contributed by atoms with E-state index in [1.54, 1.807) is 6.07 Å². The van der Waals surface area contributed by atoms with Gasteiger partial charge < -0.3 is 10.2 Å². The first kappa shape index (κ1) is 15.3. The van der Waals surface area contributed by atoms with Gasteiger partial charge in [0.15, 0.2) is 0 Å². The van der Waals surface area contributed by atoms with Gasteiger partial charge in [-0.15, -0.1) is 6.42 Å². The summed E-state index contributed by atoms with van der Waals surface area (Å²) in [5, 5.41) is 19.3. The fraction of sp³-hybridized carbons (Fsp3) is 0.500. The number of aromatic carboxylic acids is 2. The fourth-order valence-corrected chi connectivity index (χ4v) is 6.09. The molecule has 0 heterocycles.